The predicted molar refractivity (Wildman–Crippen MR) is 64.8 cm³/mol. The number of halogens is 1. The largest absolute Gasteiger partial charge is 0.360 e. The molecule has 4 nitrogen and oxygen atoms in total. The smallest absolute Gasteiger partial charge is 0.214 e. The number of aromatic nitrogens is 3. The first-order chi connectivity index (χ1) is 6.83. The van der Waals surface area contributed by atoms with Crippen molar-refractivity contribution in [1.82, 2.24) is 14.6 Å². The van der Waals surface area contributed by atoms with E-state index in [4.69, 9.17) is 0 Å². The predicted octanol–water partition coefficient (Wildman–Crippen LogP) is 2.22. The molecule has 3 rings (SSSR count). The van der Waals surface area contributed by atoms with E-state index >= 15 is 0 Å². The van der Waals surface area contributed by atoms with Crippen LogP contribution >= 0.6 is 33.9 Å². The summed E-state index contributed by atoms with van der Waals surface area (Å²) in [5.74, 6) is 0.880. The summed E-state index contributed by atoms with van der Waals surface area (Å²) in [5.41, 5.74) is 0. The highest BCUT2D eigenvalue weighted by Gasteiger charge is 2.21. The third kappa shape index (κ3) is 1.60. The number of imidazole rings is 1. The fourth-order valence-electron chi connectivity index (χ4n) is 1.29. The molecule has 0 amide bonds. The first-order valence-corrected chi connectivity index (χ1v) is 6.46. The van der Waals surface area contributed by atoms with Crippen molar-refractivity contribution in [3.8, 4) is 0 Å². The normalized spacial score (nSPS) is 16.4. The van der Waals surface area contributed by atoms with Gasteiger partial charge in [-0.3, -0.25) is 0 Å². The van der Waals surface area contributed by atoms with Gasteiger partial charge in [0.1, 0.15) is 3.70 Å². The second-order valence-corrected chi connectivity index (χ2v) is 5.57. The number of nitrogens with zero attached hydrogens (tertiary/aromatic N) is 3. The Labute approximate surface area is 98.9 Å². The summed E-state index contributed by atoms with van der Waals surface area (Å²) in [5, 5.41) is 8.76. The van der Waals surface area contributed by atoms with E-state index in [1.807, 2.05) is 10.7 Å². The second-order valence-electron chi connectivity index (χ2n) is 3.51. The molecule has 1 N–H and O–H groups in total. The number of rotatable bonds is 3. The van der Waals surface area contributed by atoms with Crippen molar-refractivity contribution in [2.24, 2.45) is 5.92 Å². The molecule has 1 saturated carbocycles. The van der Waals surface area contributed by atoms with Crippen molar-refractivity contribution < 1.29 is 0 Å². The summed E-state index contributed by atoms with van der Waals surface area (Å²) in [6.45, 7) is 1.06. The van der Waals surface area contributed by atoms with Crippen LogP contribution in [0.4, 0.5) is 5.13 Å². The molecule has 1 aliphatic rings. The zero-order valence-electron chi connectivity index (χ0n) is 7.40. The standard InChI is InChI=1S/C8H9IN4S/c9-6-4-11-8-13(6)12-7(14-8)10-3-5-1-2-5/h4-5H,1-3H2,(H,10,12). The van der Waals surface area contributed by atoms with Gasteiger partial charge in [-0.15, -0.1) is 5.10 Å². The van der Waals surface area contributed by atoms with Crippen molar-refractivity contribution in [2.75, 3.05) is 11.9 Å². The van der Waals surface area contributed by atoms with Gasteiger partial charge in [0.05, 0.1) is 6.20 Å². The molecule has 0 saturated heterocycles. The van der Waals surface area contributed by atoms with Gasteiger partial charge in [0.25, 0.3) is 0 Å². The Morgan fingerprint density at radius 2 is 2.50 bits per heavy atom. The molecular weight excluding hydrogens is 311 g/mol. The molecule has 6 heteroatoms. The van der Waals surface area contributed by atoms with Crippen molar-refractivity contribution in [2.45, 2.75) is 12.8 Å². The summed E-state index contributed by atoms with van der Waals surface area (Å²) < 4.78 is 2.94. The van der Waals surface area contributed by atoms with Crippen molar-refractivity contribution in [1.29, 1.82) is 0 Å². The Kier molecular flexibility index (Phi) is 2.12. The molecule has 0 atom stereocenters. The minimum absolute atomic E-state index is 0.880. The molecule has 2 aromatic rings. The molecule has 0 radical (unpaired) electrons. The first kappa shape index (κ1) is 8.90. The van der Waals surface area contributed by atoms with E-state index in [0.717, 1.165) is 26.3 Å². The zero-order chi connectivity index (χ0) is 9.54. The van der Waals surface area contributed by atoms with E-state index in [1.54, 1.807) is 11.3 Å². The average molecular weight is 320 g/mol. The third-order valence-corrected chi connectivity index (χ3v) is 3.90. The van der Waals surface area contributed by atoms with Crippen LogP contribution in [0.15, 0.2) is 6.20 Å². The maximum absolute atomic E-state index is 4.43. The van der Waals surface area contributed by atoms with E-state index in [9.17, 15) is 0 Å². The van der Waals surface area contributed by atoms with Crippen LogP contribution in [0, 0.1) is 9.62 Å². The Morgan fingerprint density at radius 3 is 3.21 bits per heavy atom. The van der Waals surface area contributed by atoms with E-state index in [-0.39, 0.29) is 0 Å². The van der Waals surface area contributed by atoms with Crippen LogP contribution in [0.5, 0.6) is 0 Å². The van der Waals surface area contributed by atoms with Gasteiger partial charge in [-0.1, -0.05) is 11.3 Å². The number of hydrogen-bond donors (Lipinski definition) is 1. The molecule has 2 aromatic heterocycles. The molecule has 74 valence electrons. The Bertz CT molecular complexity index is 459. The molecular formula is C8H9IN4S. The highest BCUT2D eigenvalue weighted by atomic mass is 127. The third-order valence-electron chi connectivity index (χ3n) is 2.28. The van der Waals surface area contributed by atoms with Crippen molar-refractivity contribution in [3.05, 3.63) is 9.90 Å². The lowest BCUT2D eigenvalue weighted by Crippen LogP contribution is -2.03. The molecule has 0 spiro atoms. The number of fused-ring (bicyclic) bond motifs is 1. The monoisotopic (exact) mass is 320 g/mol. The van der Waals surface area contributed by atoms with Crippen LogP contribution in [0.1, 0.15) is 12.8 Å². The lowest BCUT2D eigenvalue weighted by molar-refractivity contribution is 0.871. The summed E-state index contributed by atoms with van der Waals surface area (Å²) in [6.07, 6.45) is 4.57. The van der Waals surface area contributed by atoms with Gasteiger partial charge in [-0.2, -0.15) is 4.52 Å². The molecule has 0 aromatic carbocycles. The van der Waals surface area contributed by atoms with Gasteiger partial charge < -0.3 is 5.32 Å². The molecule has 0 aliphatic heterocycles. The summed E-state index contributed by atoms with van der Waals surface area (Å²) in [7, 11) is 0. The average Bonchev–Trinajstić information content (AvgIpc) is 2.82. The Balaban J connectivity index is 1.82. The maximum atomic E-state index is 4.43. The fourth-order valence-corrected chi connectivity index (χ4v) is 2.71. The summed E-state index contributed by atoms with van der Waals surface area (Å²) >= 11 is 3.85. The van der Waals surface area contributed by atoms with Crippen LogP contribution in [0.2, 0.25) is 0 Å². The van der Waals surface area contributed by atoms with E-state index < -0.39 is 0 Å². The van der Waals surface area contributed by atoms with Gasteiger partial charge in [0.2, 0.25) is 10.1 Å². The van der Waals surface area contributed by atoms with E-state index in [0.29, 0.717) is 0 Å². The van der Waals surface area contributed by atoms with Gasteiger partial charge in [0, 0.05) is 6.54 Å². The Hall–Kier alpha value is -0.370. The lowest BCUT2D eigenvalue weighted by atomic mass is 10.4. The Morgan fingerprint density at radius 1 is 1.64 bits per heavy atom. The highest BCUT2D eigenvalue weighted by Crippen LogP contribution is 2.29. The van der Waals surface area contributed by atoms with Gasteiger partial charge in [0.15, 0.2) is 0 Å². The number of anilines is 1. The van der Waals surface area contributed by atoms with Gasteiger partial charge in [-0.05, 0) is 41.4 Å². The second kappa shape index (κ2) is 3.34. The van der Waals surface area contributed by atoms with Crippen molar-refractivity contribution in [3.63, 3.8) is 0 Å². The van der Waals surface area contributed by atoms with Crippen LogP contribution in [-0.2, 0) is 0 Å². The topological polar surface area (TPSA) is 42.2 Å². The molecule has 0 unspecified atom stereocenters. The quantitative estimate of drug-likeness (QED) is 0.882. The summed E-state index contributed by atoms with van der Waals surface area (Å²) in [6, 6.07) is 0. The zero-order valence-corrected chi connectivity index (χ0v) is 10.4. The molecule has 14 heavy (non-hydrogen) atoms. The molecule has 1 aliphatic carbocycles. The highest BCUT2D eigenvalue weighted by molar-refractivity contribution is 14.1. The van der Waals surface area contributed by atoms with Crippen LogP contribution in [0.25, 0.3) is 4.96 Å². The van der Waals surface area contributed by atoms with Crippen LogP contribution in [0.3, 0.4) is 0 Å². The summed E-state index contributed by atoms with van der Waals surface area (Å²) in [4.78, 5) is 5.22. The van der Waals surface area contributed by atoms with Crippen LogP contribution < -0.4 is 5.32 Å². The minimum Gasteiger partial charge on any atom is -0.360 e. The maximum Gasteiger partial charge on any atom is 0.214 e. The molecule has 0 bridgehead atoms. The molecule has 1 fully saturated rings. The van der Waals surface area contributed by atoms with E-state index in [2.05, 4.69) is 38.0 Å². The fraction of sp³-hybridized carbons (Fsp3) is 0.500. The first-order valence-electron chi connectivity index (χ1n) is 4.57. The minimum atomic E-state index is 0.880. The SMILES string of the molecule is Ic1cnc2sc(NCC3CC3)nn12. The number of hydrogen-bond acceptors (Lipinski definition) is 4. The van der Waals surface area contributed by atoms with E-state index in [1.165, 1.54) is 12.8 Å². The molecule has 2 heterocycles. The number of nitrogens with one attached hydrogen (secondary N) is 1. The lowest BCUT2D eigenvalue weighted by Gasteiger charge is -1.97. The van der Waals surface area contributed by atoms with Crippen LogP contribution in [-0.4, -0.2) is 21.1 Å². The van der Waals surface area contributed by atoms with Crippen molar-refractivity contribution >= 4 is 44.0 Å². The van der Waals surface area contributed by atoms with Gasteiger partial charge >= 0.3 is 0 Å². The van der Waals surface area contributed by atoms with Gasteiger partial charge in [-0.25, -0.2) is 4.98 Å².